The molecule has 0 spiro atoms. The van der Waals surface area contributed by atoms with Crippen molar-refractivity contribution in [2.45, 2.75) is 13.1 Å². The van der Waals surface area contributed by atoms with Crippen molar-refractivity contribution >= 4 is 11.6 Å². The summed E-state index contributed by atoms with van der Waals surface area (Å²) < 4.78 is 38.6. The molecule has 0 saturated carbocycles. The van der Waals surface area contributed by atoms with Gasteiger partial charge in [-0.1, -0.05) is 0 Å². The van der Waals surface area contributed by atoms with Gasteiger partial charge in [0, 0.05) is 31.9 Å². The normalized spacial score (nSPS) is 15.8. The van der Waals surface area contributed by atoms with E-state index in [1.807, 2.05) is 6.07 Å². The predicted octanol–water partition coefficient (Wildman–Crippen LogP) is 1.92. The van der Waals surface area contributed by atoms with Crippen molar-refractivity contribution in [3.05, 3.63) is 35.9 Å². The van der Waals surface area contributed by atoms with Crippen LogP contribution in [0.15, 0.2) is 24.5 Å². The van der Waals surface area contributed by atoms with Gasteiger partial charge in [-0.3, -0.25) is 0 Å². The molecule has 1 aliphatic rings. The highest BCUT2D eigenvalue weighted by molar-refractivity contribution is 5.45. The van der Waals surface area contributed by atoms with E-state index in [4.69, 9.17) is 0 Å². The second kappa shape index (κ2) is 5.98. The fourth-order valence-electron chi connectivity index (χ4n) is 2.47. The van der Waals surface area contributed by atoms with Gasteiger partial charge in [-0.25, -0.2) is 9.97 Å². The molecule has 6 nitrogen and oxygen atoms in total. The van der Waals surface area contributed by atoms with Gasteiger partial charge >= 0.3 is 6.18 Å². The number of piperazine rings is 1. The summed E-state index contributed by atoms with van der Waals surface area (Å²) >= 11 is 0. The van der Waals surface area contributed by atoms with Crippen LogP contribution in [0.5, 0.6) is 0 Å². The number of halogens is 3. The van der Waals surface area contributed by atoms with Gasteiger partial charge < -0.3 is 9.80 Å². The van der Waals surface area contributed by atoms with Crippen LogP contribution in [0.25, 0.3) is 0 Å². The molecule has 0 aromatic carbocycles. The molecule has 2 aromatic rings. The number of aryl methyl sites for hydroxylation is 1. The van der Waals surface area contributed by atoms with E-state index in [0.29, 0.717) is 31.9 Å². The Morgan fingerprint density at radius 1 is 1.00 bits per heavy atom. The quantitative estimate of drug-likeness (QED) is 0.841. The molecule has 2 aromatic heterocycles. The third-order valence-electron chi connectivity index (χ3n) is 3.63. The summed E-state index contributed by atoms with van der Waals surface area (Å²) in [5.74, 6) is 0.129. The average Bonchev–Trinajstić information content (AvgIpc) is 2.54. The summed E-state index contributed by atoms with van der Waals surface area (Å²) in [4.78, 5) is 11.7. The van der Waals surface area contributed by atoms with Gasteiger partial charge in [0.05, 0.1) is 18.1 Å². The lowest BCUT2D eigenvalue weighted by Gasteiger charge is -2.36. The van der Waals surface area contributed by atoms with Gasteiger partial charge in [0.25, 0.3) is 0 Å². The summed E-state index contributed by atoms with van der Waals surface area (Å²) in [7, 11) is 0. The van der Waals surface area contributed by atoms with E-state index in [9.17, 15) is 13.2 Å². The van der Waals surface area contributed by atoms with E-state index in [1.165, 1.54) is 0 Å². The molecular weight excluding hydrogens is 309 g/mol. The minimum absolute atomic E-state index is 0.129. The van der Waals surface area contributed by atoms with E-state index in [-0.39, 0.29) is 5.95 Å². The Kier molecular flexibility index (Phi) is 4.01. The number of rotatable bonds is 2. The van der Waals surface area contributed by atoms with Crippen LogP contribution < -0.4 is 9.80 Å². The minimum atomic E-state index is -4.47. The van der Waals surface area contributed by atoms with Crippen molar-refractivity contribution in [1.29, 1.82) is 0 Å². The third-order valence-corrected chi connectivity index (χ3v) is 3.63. The highest BCUT2D eigenvalue weighted by Gasteiger charge is 2.34. The minimum Gasteiger partial charge on any atom is -0.367 e. The van der Waals surface area contributed by atoms with Crippen LogP contribution in [-0.2, 0) is 6.18 Å². The van der Waals surface area contributed by atoms with Crippen molar-refractivity contribution in [3.8, 4) is 0 Å². The van der Waals surface area contributed by atoms with E-state index in [0.717, 1.165) is 11.8 Å². The molecule has 0 radical (unpaired) electrons. The first-order chi connectivity index (χ1) is 10.9. The number of nitrogens with zero attached hydrogens (tertiary/aromatic N) is 6. The van der Waals surface area contributed by atoms with Crippen molar-refractivity contribution in [2.75, 3.05) is 36.0 Å². The van der Waals surface area contributed by atoms with E-state index >= 15 is 0 Å². The standard InChI is InChI=1S/C14H15F3N6/c1-10-8-12(14(15,16)17)21-13(20-10)23-6-4-22(5-7-23)11-2-3-18-19-9-11/h2-3,8-9H,4-7H2,1H3. The lowest BCUT2D eigenvalue weighted by molar-refractivity contribution is -0.141. The summed E-state index contributed by atoms with van der Waals surface area (Å²) in [6.07, 6.45) is -1.19. The zero-order valence-corrected chi connectivity index (χ0v) is 12.5. The second-order valence-corrected chi connectivity index (χ2v) is 5.27. The molecule has 9 heteroatoms. The molecule has 0 aliphatic carbocycles. The highest BCUT2D eigenvalue weighted by atomic mass is 19.4. The summed E-state index contributed by atoms with van der Waals surface area (Å²) in [5.41, 5.74) is 0.352. The Hall–Kier alpha value is -2.45. The third kappa shape index (κ3) is 3.49. The lowest BCUT2D eigenvalue weighted by atomic mass is 10.3. The first-order valence-corrected chi connectivity index (χ1v) is 7.13. The fourth-order valence-corrected chi connectivity index (χ4v) is 2.47. The number of hydrogen-bond acceptors (Lipinski definition) is 6. The molecule has 1 fully saturated rings. The molecule has 3 heterocycles. The Balaban J connectivity index is 1.74. The van der Waals surface area contributed by atoms with E-state index in [1.54, 1.807) is 24.2 Å². The van der Waals surface area contributed by atoms with Gasteiger partial charge in [-0.2, -0.15) is 23.4 Å². The van der Waals surface area contributed by atoms with Crippen molar-refractivity contribution in [1.82, 2.24) is 20.2 Å². The molecule has 3 rings (SSSR count). The van der Waals surface area contributed by atoms with Gasteiger partial charge in [-0.15, -0.1) is 0 Å². The van der Waals surface area contributed by atoms with E-state index in [2.05, 4.69) is 25.1 Å². The van der Waals surface area contributed by atoms with Crippen LogP contribution >= 0.6 is 0 Å². The smallest absolute Gasteiger partial charge is 0.367 e. The number of alkyl halides is 3. The zero-order chi connectivity index (χ0) is 16.4. The van der Waals surface area contributed by atoms with Gasteiger partial charge in [0.15, 0.2) is 0 Å². The summed E-state index contributed by atoms with van der Waals surface area (Å²) in [6, 6.07) is 2.82. The average molecular weight is 324 g/mol. The maximum Gasteiger partial charge on any atom is 0.433 e. The molecule has 0 bridgehead atoms. The van der Waals surface area contributed by atoms with Crippen molar-refractivity contribution < 1.29 is 13.2 Å². The molecule has 23 heavy (non-hydrogen) atoms. The van der Waals surface area contributed by atoms with Crippen LogP contribution in [0.4, 0.5) is 24.8 Å². The van der Waals surface area contributed by atoms with Gasteiger partial charge in [0.2, 0.25) is 5.95 Å². The first kappa shape index (κ1) is 15.4. The maximum absolute atomic E-state index is 12.9. The molecule has 0 N–H and O–H groups in total. The summed E-state index contributed by atoms with van der Waals surface area (Å²) in [5, 5.41) is 7.56. The summed E-state index contributed by atoms with van der Waals surface area (Å²) in [6.45, 7) is 3.94. The fraction of sp³-hybridized carbons (Fsp3) is 0.429. The van der Waals surface area contributed by atoms with Crippen LogP contribution in [0.1, 0.15) is 11.4 Å². The highest BCUT2D eigenvalue weighted by Crippen LogP contribution is 2.29. The van der Waals surface area contributed by atoms with Crippen LogP contribution in [0.3, 0.4) is 0 Å². The largest absolute Gasteiger partial charge is 0.433 e. The second-order valence-electron chi connectivity index (χ2n) is 5.27. The Labute approximate surface area is 131 Å². The molecule has 122 valence electrons. The molecular formula is C14H15F3N6. The van der Waals surface area contributed by atoms with Crippen molar-refractivity contribution in [2.24, 2.45) is 0 Å². The van der Waals surface area contributed by atoms with Gasteiger partial charge in [-0.05, 0) is 19.1 Å². The topological polar surface area (TPSA) is 58.0 Å². The molecule has 0 atom stereocenters. The SMILES string of the molecule is Cc1cc(C(F)(F)F)nc(N2CCN(c3ccnnc3)CC2)n1. The maximum atomic E-state index is 12.9. The molecule has 1 saturated heterocycles. The number of hydrogen-bond donors (Lipinski definition) is 0. The lowest BCUT2D eigenvalue weighted by Crippen LogP contribution is -2.47. The predicted molar refractivity (Wildman–Crippen MR) is 78.2 cm³/mol. The first-order valence-electron chi connectivity index (χ1n) is 7.13. The number of anilines is 2. The molecule has 1 aliphatic heterocycles. The van der Waals surface area contributed by atoms with Crippen LogP contribution in [0, 0.1) is 6.92 Å². The Morgan fingerprint density at radius 2 is 1.70 bits per heavy atom. The van der Waals surface area contributed by atoms with Gasteiger partial charge in [0.1, 0.15) is 5.69 Å². The Morgan fingerprint density at radius 3 is 2.30 bits per heavy atom. The number of aromatic nitrogens is 4. The molecule has 0 unspecified atom stereocenters. The van der Waals surface area contributed by atoms with Crippen LogP contribution in [0.2, 0.25) is 0 Å². The molecule has 0 amide bonds. The van der Waals surface area contributed by atoms with Crippen molar-refractivity contribution in [3.63, 3.8) is 0 Å². The van der Waals surface area contributed by atoms with E-state index < -0.39 is 11.9 Å². The van der Waals surface area contributed by atoms with Crippen LogP contribution in [-0.4, -0.2) is 46.3 Å². The Bertz CT molecular complexity index is 668. The monoisotopic (exact) mass is 324 g/mol. The zero-order valence-electron chi connectivity index (χ0n) is 12.5.